The molecular formula is C26H35N5O6. The monoisotopic (exact) mass is 513 g/mol. The number of nitrogens with one attached hydrogen (secondary N) is 4. The predicted octanol–water partition coefficient (Wildman–Crippen LogP) is -0.649. The van der Waals surface area contributed by atoms with Gasteiger partial charge in [0.15, 0.2) is 12.1 Å². The van der Waals surface area contributed by atoms with Crippen LogP contribution in [0, 0.1) is 30.1 Å². The molecule has 0 aromatic heterocycles. The quantitative estimate of drug-likeness (QED) is 0.213. The first-order valence-electron chi connectivity index (χ1n) is 12.1. The first-order valence-corrected chi connectivity index (χ1v) is 12.1. The second-order valence-electron chi connectivity index (χ2n) is 10.6. The molecule has 6 amide bonds. The summed E-state index contributed by atoms with van der Waals surface area (Å²) in [5.41, 5.74) is -3.33. The Balaban J connectivity index is 2.04. The van der Waals surface area contributed by atoms with E-state index in [0.717, 1.165) is 0 Å². The molecule has 2 rings (SSSR count). The van der Waals surface area contributed by atoms with Gasteiger partial charge >= 0.3 is 0 Å². The molecule has 0 unspecified atom stereocenters. The third kappa shape index (κ3) is 6.67. The second kappa shape index (κ2) is 11.0. The van der Waals surface area contributed by atoms with Gasteiger partial charge in [0.05, 0.1) is 0 Å². The molecule has 37 heavy (non-hydrogen) atoms. The van der Waals surface area contributed by atoms with Crippen molar-refractivity contribution in [3.8, 4) is 24.7 Å². The van der Waals surface area contributed by atoms with Crippen molar-refractivity contribution in [2.24, 2.45) is 5.41 Å². The fraction of sp³-hybridized carbons (Fsp3) is 0.615. The summed E-state index contributed by atoms with van der Waals surface area (Å²) >= 11 is 0. The van der Waals surface area contributed by atoms with Crippen molar-refractivity contribution < 1.29 is 28.8 Å². The summed E-state index contributed by atoms with van der Waals surface area (Å²) in [4.78, 5) is 76.4. The van der Waals surface area contributed by atoms with Crippen LogP contribution in [0.15, 0.2) is 0 Å². The molecule has 1 aliphatic heterocycles. The van der Waals surface area contributed by atoms with Crippen LogP contribution in [0.5, 0.6) is 0 Å². The van der Waals surface area contributed by atoms with Crippen LogP contribution in [0.2, 0.25) is 0 Å². The van der Waals surface area contributed by atoms with Gasteiger partial charge in [0, 0.05) is 30.3 Å². The number of hydrogen-bond donors (Lipinski definition) is 4. The van der Waals surface area contributed by atoms with Crippen LogP contribution in [0.1, 0.15) is 66.7 Å². The van der Waals surface area contributed by atoms with Gasteiger partial charge in [0.25, 0.3) is 11.8 Å². The predicted molar refractivity (Wildman–Crippen MR) is 134 cm³/mol. The molecule has 11 nitrogen and oxygen atoms in total. The van der Waals surface area contributed by atoms with E-state index in [1.165, 1.54) is 4.90 Å². The molecule has 0 spiro atoms. The van der Waals surface area contributed by atoms with Gasteiger partial charge < -0.3 is 21.3 Å². The van der Waals surface area contributed by atoms with E-state index in [9.17, 15) is 28.8 Å². The highest BCUT2D eigenvalue weighted by atomic mass is 16.2. The number of likely N-dealkylation sites (N-methyl/N-ethyl adjacent to an activating group) is 1. The van der Waals surface area contributed by atoms with Gasteiger partial charge in [0.1, 0.15) is 5.54 Å². The highest BCUT2D eigenvalue weighted by molar-refractivity contribution is 6.03. The molecule has 0 bridgehead atoms. The van der Waals surface area contributed by atoms with Crippen LogP contribution < -0.4 is 21.3 Å². The van der Waals surface area contributed by atoms with Crippen molar-refractivity contribution in [2.75, 3.05) is 6.54 Å². The molecule has 0 radical (unpaired) electrons. The Hall–Kier alpha value is -3.86. The number of amides is 6. The van der Waals surface area contributed by atoms with E-state index in [4.69, 9.17) is 12.8 Å². The lowest BCUT2D eigenvalue weighted by Crippen LogP contribution is -2.59. The first-order chi connectivity index (χ1) is 17.1. The van der Waals surface area contributed by atoms with E-state index in [1.54, 1.807) is 34.6 Å². The Morgan fingerprint density at radius 3 is 1.92 bits per heavy atom. The summed E-state index contributed by atoms with van der Waals surface area (Å²) in [7, 11) is 0. The zero-order valence-corrected chi connectivity index (χ0v) is 21.9. The van der Waals surface area contributed by atoms with E-state index in [0.29, 0.717) is 19.4 Å². The minimum Gasteiger partial charge on any atom is -0.354 e. The summed E-state index contributed by atoms with van der Waals surface area (Å²) in [6.07, 6.45) is 11.9. The maximum Gasteiger partial charge on any atom is 0.256 e. The molecule has 0 aromatic carbocycles. The van der Waals surface area contributed by atoms with Crippen LogP contribution in [0.4, 0.5) is 0 Å². The number of carbonyl (C=O) groups is 6. The topological polar surface area (TPSA) is 154 Å². The second-order valence-corrected chi connectivity index (χ2v) is 10.6. The van der Waals surface area contributed by atoms with Crippen molar-refractivity contribution in [2.45, 2.75) is 89.9 Å². The van der Waals surface area contributed by atoms with E-state index >= 15 is 0 Å². The third-order valence-electron chi connectivity index (χ3n) is 6.45. The molecule has 2 aliphatic rings. The minimum absolute atomic E-state index is 0.127. The fourth-order valence-electron chi connectivity index (χ4n) is 4.57. The van der Waals surface area contributed by atoms with E-state index in [-0.39, 0.29) is 31.1 Å². The molecule has 1 saturated carbocycles. The van der Waals surface area contributed by atoms with Gasteiger partial charge in [-0.25, -0.2) is 0 Å². The van der Waals surface area contributed by atoms with E-state index in [1.807, 2.05) is 0 Å². The van der Waals surface area contributed by atoms with Crippen LogP contribution in [-0.4, -0.2) is 70.0 Å². The van der Waals surface area contributed by atoms with Crippen molar-refractivity contribution in [3.05, 3.63) is 0 Å². The van der Waals surface area contributed by atoms with E-state index < -0.39 is 52.2 Å². The number of nitrogens with zero attached hydrogens (tertiary/aromatic N) is 1. The number of hydrogen-bond acceptors (Lipinski definition) is 6. The Bertz CT molecular complexity index is 1060. The molecule has 1 aliphatic carbocycles. The van der Waals surface area contributed by atoms with Crippen molar-refractivity contribution in [1.29, 1.82) is 0 Å². The van der Waals surface area contributed by atoms with Crippen molar-refractivity contribution in [3.63, 3.8) is 0 Å². The van der Waals surface area contributed by atoms with Crippen LogP contribution in [-0.2, 0) is 28.8 Å². The maximum absolute atomic E-state index is 13.1. The molecule has 1 saturated heterocycles. The third-order valence-corrected chi connectivity index (χ3v) is 6.45. The average Bonchev–Trinajstić information content (AvgIpc) is 3.50. The molecule has 1 heterocycles. The minimum atomic E-state index is -1.39. The van der Waals surface area contributed by atoms with Crippen LogP contribution in [0.3, 0.4) is 0 Å². The van der Waals surface area contributed by atoms with Gasteiger partial charge in [-0.1, -0.05) is 25.7 Å². The summed E-state index contributed by atoms with van der Waals surface area (Å²) in [5.74, 6) is 1.34. The van der Waals surface area contributed by atoms with Crippen LogP contribution >= 0.6 is 0 Å². The highest BCUT2D eigenvalue weighted by Gasteiger charge is 2.53. The Morgan fingerprint density at radius 2 is 1.46 bits per heavy atom. The maximum atomic E-state index is 13.1. The number of terminal acetylenes is 2. The van der Waals surface area contributed by atoms with Gasteiger partial charge in [0.2, 0.25) is 23.6 Å². The molecule has 0 aromatic rings. The summed E-state index contributed by atoms with van der Waals surface area (Å²) in [6.45, 7) is 8.69. The zero-order valence-electron chi connectivity index (χ0n) is 21.9. The van der Waals surface area contributed by atoms with Crippen molar-refractivity contribution >= 4 is 35.4 Å². The number of likely N-dealkylation sites (tertiary alicyclic amines) is 1. The van der Waals surface area contributed by atoms with Crippen LogP contribution in [0.25, 0.3) is 0 Å². The first kappa shape index (κ1) is 29.4. The standard InChI is InChI=1S/C26H35N5O6/c1-8-16(20(34)27-10-3)29-23(37)26(13-14-26)30-21(35)17(9-2)28-22(36)24(4,5)15-25(6,7)31-18(32)11-12-19(31)33/h1-2,16-17H,10-15H2,3-7H3,(H,27,34)(H,28,36)(H,29,37)(H,30,35)/t16-,17-/m0/s1. The lowest BCUT2D eigenvalue weighted by atomic mass is 9.78. The largest absolute Gasteiger partial charge is 0.354 e. The highest BCUT2D eigenvalue weighted by Crippen LogP contribution is 2.36. The van der Waals surface area contributed by atoms with Crippen molar-refractivity contribution in [1.82, 2.24) is 26.2 Å². The zero-order chi connectivity index (χ0) is 28.2. The number of carbonyl (C=O) groups excluding carboxylic acids is 6. The van der Waals surface area contributed by atoms with E-state index in [2.05, 4.69) is 33.1 Å². The molecular weight excluding hydrogens is 478 g/mol. The number of imide groups is 1. The number of rotatable bonds is 11. The van der Waals surface area contributed by atoms with Gasteiger partial charge in [-0.2, -0.15) is 0 Å². The summed E-state index contributed by atoms with van der Waals surface area (Å²) in [6, 6.07) is -2.59. The molecule has 2 fully saturated rings. The van der Waals surface area contributed by atoms with Gasteiger partial charge in [-0.05, 0) is 40.0 Å². The molecule has 200 valence electrons. The fourth-order valence-corrected chi connectivity index (χ4v) is 4.57. The molecule has 11 heteroatoms. The molecule has 2 atom stereocenters. The molecule has 4 N–H and O–H groups in total. The van der Waals surface area contributed by atoms with Gasteiger partial charge in [-0.15, -0.1) is 12.8 Å². The SMILES string of the molecule is C#C[C@H](NC(=O)C(C)(C)CC(C)(C)N1C(=O)CCC1=O)C(=O)NC1(C(=O)N[C@@H](C#C)C(=O)NCC)CC1. The smallest absolute Gasteiger partial charge is 0.256 e. The average molecular weight is 514 g/mol. The Morgan fingerprint density at radius 1 is 0.946 bits per heavy atom. The Kier molecular flexibility index (Phi) is 8.76. The summed E-state index contributed by atoms with van der Waals surface area (Å²) in [5, 5.41) is 10.0. The Labute approximate surface area is 217 Å². The normalized spacial score (nSPS) is 18.1. The summed E-state index contributed by atoms with van der Waals surface area (Å²) < 4.78 is 0. The lowest BCUT2D eigenvalue weighted by Gasteiger charge is -2.39. The lowest BCUT2D eigenvalue weighted by molar-refractivity contribution is -0.147. The van der Waals surface area contributed by atoms with Gasteiger partial charge in [-0.3, -0.25) is 33.7 Å².